The zero-order chi connectivity index (χ0) is 21.8. The number of aryl methyl sites for hydroxylation is 1. The zero-order valence-electron chi connectivity index (χ0n) is 19.0. The summed E-state index contributed by atoms with van der Waals surface area (Å²) in [6.07, 6.45) is 5.64. The van der Waals surface area contributed by atoms with Crippen molar-refractivity contribution in [3.63, 3.8) is 0 Å². The molecule has 4 nitrogen and oxygen atoms in total. The van der Waals surface area contributed by atoms with Crippen LogP contribution in [0.25, 0.3) is 10.9 Å². The van der Waals surface area contributed by atoms with Crippen molar-refractivity contribution >= 4 is 16.7 Å². The lowest BCUT2D eigenvalue weighted by Crippen LogP contribution is -2.36. The monoisotopic (exact) mass is 418 g/mol. The fourth-order valence-corrected chi connectivity index (χ4v) is 5.03. The van der Waals surface area contributed by atoms with Gasteiger partial charge in [0.25, 0.3) is 0 Å². The Morgan fingerprint density at radius 3 is 2.52 bits per heavy atom. The molecule has 4 rings (SSSR count). The first-order chi connectivity index (χ1) is 15.1. The number of Topliss-reactive ketones (excluding diaryl/α,β-unsaturated/α-hetero) is 1. The van der Waals surface area contributed by atoms with Gasteiger partial charge in [-0.05, 0) is 75.4 Å². The van der Waals surface area contributed by atoms with Crippen LogP contribution in [0.2, 0.25) is 0 Å². The highest BCUT2D eigenvalue weighted by atomic mass is 16.5. The van der Waals surface area contributed by atoms with Crippen LogP contribution in [0.5, 0.6) is 5.75 Å². The van der Waals surface area contributed by atoms with E-state index in [2.05, 4.69) is 46.7 Å². The van der Waals surface area contributed by atoms with Crippen molar-refractivity contribution in [2.45, 2.75) is 45.6 Å². The van der Waals surface area contributed by atoms with Crippen LogP contribution in [0.15, 0.2) is 54.7 Å². The first-order valence-corrected chi connectivity index (χ1v) is 11.5. The second-order valence-electron chi connectivity index (χ2n) is 8.91. The molecule has 1 unspecified atom stereocenters. The van der Waals surface area contributed by atoms with Crippen LogP contribution >= 0.6 is 0 Å². The minimum Gasteiger partial charge on any atom is -0.497 e. The number of benzene rings is 2. The molecule has 0 bridgehead atoms. The predicted octanol–water partition coefficient (Wildman–Crippen LogP) is 5.76. The zero-order valence-corrected chi connectivity index (χ0v) is 19.0. The van der Waals surface area contributed by atoms with E-state index in [4.69, 9.17) is 4.74 Å². The molecule has 0 aliphatic carbocycles. The van der Waals surface area contributed by atoms with Gasteiger partial charge in [0, 0.05) is 29.8 Å². The lowest BCUT2D eigenvalue weighted by Gasteiger charge is -2.35. The van der Waals surface area contributed by atoms with Crippen molar-refractivity contribution in [1.82, 2.24) is 9.47 Å². The summed E-state index contributed by atoms with van der Waals surface area (Å²) in [5.41, 5.74) is 3.35. The van der Waals surface area contributed by atoms with E-state index < -0.39 is 0 Å². The third-order valence-corrected chi connectivity index (χ3v) is 7.01. The Morgan fingerprint density at radius 1 is 1.10 bits per heavy atom. The molecule has 31 heavy (non-hydrogen) atoms. The number of fused-ring (bicyclic) bond motifs is 1. The van der Waals surface area contributed by atoms with E-state index >= 15 is 0 Å². The van der Waals surface area contributed by atoms with Crippen molar-refractivity contribution in [3.05, 3.63) is 65.9 Å². The highest BCUT2D eigenvalue weighted by Gasteiger charge is 2.24. The summed E-state index contributed by atoms with van der Waals surface area (Å²) in [5.74, 6) is 2.35. The second kappa shape index (κ2) is 9.69. The Labute approximate surface area is 185 Å². The van der Waals surface area contributed by atoms with Crippen molar-refractivity contribution in [3.8, 4) is 5.75 Å². The number of nitrogens with zero attached hydrogens (tertiary/aromatic N) is 2. The number of rotatable bonds is 8. The van der Waals surface area contributed by atoms with Gasteiger partial charge in [0.1, 0.15) is 5.75 Å². The molecule has 0 amide bonds. The average Bonchev–Trinajstić information content (AvgIpc) is 3.18. The van der Waals surface area contributed by atoms with Gasteiger partial charge in [-0.2, -0.15) is 0 Å². The average molecular weight is 419 g/mol. The summed E-state index contributed by atoms with van der Waals surface area (Å²) in [6, 6.07) is 16.9. The van der Waals surface area contributed by atoms with Gasteiger partial charge in [0.15, 0.2) is 5.78 Å². The van der Waals surface area contributed by atoms with Crippen LogP contribution < -0.4 is 4.74 Å². The molecule has 0 N–H and O–H groups in total. The molecule has 0 saturated carbocycles. The number of piperidine rings is 1. The molecule has 0 radical (unpaired) electrons. The summed E-state index contributed by atoms with van der Waals surface area (Å²) in [4.78, 5) is 14.7. The Hall–Kier alpha value is -2.59. The maximum absolute atomic E-state index is 12.1. The summed E-state index contributed by atoms with van der Waals surface area (Å²) in [5, 5.41) is 1.02. The lowest BCUT2D eigenvalue weighted by molar-refractivity contribution is 0.101. The van der Waals surface area contributed by atoms with Crippen LogP contribution in [0.3, 0.4) is 0 Å². The predicted molar refractivity (Wildman–Crippen MR) is 127 cm³/mol. The lowest BCUT2D eigenvalue weighted by atomic mass is 9.81. The third-order valence-electron chi connectivity index (χ3n) is 7.01. The van der Waals surface area contributed by atoms with Gasteiger partial charge in [-0.3, -0.25) is 4.79 Å². The van der Waals surface area contributed by atoms with E-state index in [1.54, 1.807) is 14.0 Å². The number of hydrogen-bond acceptors (Lipinski definition) is 3. The minimum absolute atomic E-state index is 0.114. The fraction of sp³-hybridized carbons (Fsp3) is 0.444. The summed E-state index contributed by atoms with van der Waals surface area (Å²) < 4.78 is 7.62. The van der Waals surface area contributed by atoms with Gasteiger partial charge < -0.3 is 14.2 Å². The van der Waals surface area contributed by atoms with Gasteiger partial charge in [-0.1, -0.05) is 37.3 Å². The largest absolute Gasteiger partial charge is 0.497 e. The maximum atomic E-state index is 12.1. The first kappa shape index (κ1) is 21.6. The quantitative estimate of drug-likeness (QED) is 0.436. The summed E-state index contributed by atoms with van der Waals surface area (Å²) in [6.45, 7) is 8.40. The molecular formula is C27H34N2O2. The molecule has 164 valence electrons. The Kier molecular flexibility index (Phi) is 6.77. The normalized spacial score (nSPS) is 16.5. The van der Waals surface area contributed by atoms with Crippen LogP contribution in [0.4, 0.5) is 0 Å². The molecule has 0 spiro atoms. The van der Waals surface area contributed by atoms with Gasteiger partial charge in [-0.15, -0.1) is 0 Å². The van der Waals surface area contributed by atoms with E-state index in [1.807, 2.05) is 24.4 Å². The Morgan fingerprint density at radius 2 is 1.84 bits per heavy atom. The van der Waals surface area contributed by atoms with E-state index in [1.165, 1.54) is 31.5 Å². The Bertz CT molecular complexity index is 1020. The van der Waals surface area contributed by atoms with E-state index in [-0.39, 0.29) is 5.78 Å². The van der Waals surface area contributed by atoms with E-state index in [0.717, 1.165) is 47.6 Å². The van der Waals surface area contributed by atoms with Gasteiger partial charge in [0.05, 0.1) is 12.6 Å². The van der Waals surface area contributed by atoms with Crippen LogP contribution in [-0.2, 0) is 6.54 Å². The number of ether oxygens (including phenoxy) is 1. The number of aromatic nitrogens is 1. The maximum Gasteiger partial charge on any atom is 0.161 e. The second-order valence-corrected chi connectivity index (χ2v) is 8.91. The Balaban J connectivity index is 1.33. The number of carbonyl (C=O) groups excluding carboxylic acids is 1. The van der Waals surface area contributed by atoms with Crippen molar-refractivity contribution in [2.24, 2.45) is 5.92 Å². The molecule has 1 atom stereocenters. The SMILES string of the molecule is COc1ccc2c(C(C)=O)cn(CCCN3CCC(C(C)c4ccccc4)CC3)c2c1. The van der Waals surface area contributed by atoms with Gasteiger partial charge in [0.2, 0.25) is 0 Å². The van der Waals surface area contributed by atoms with Crippen LogP contribution in [0.1, 0.15) is 54.9 Å². The number of carbonyl (C=O) groups is 1. The van der Waals surface area contributed by atoms with E-state index in [9.17, 15) is 4.79 Å². The van der Waals surface area contributed by atoms with Gasteiger partial charge >= 0.3 is 0 Å². The smallest absolute Gasteiger partial charge is 0.161 e. The molecule has 2 heterocycles. The van der Waals surface area contributed by atoms with Crippen molar-refractivity contribution in [1.29, 1.82) is 0 Å². The highest BCUT2D eigenvalue weighted by Crippen LogP contribution is 2.32. The van der Waals surface area contributed by atoms with Crippen molar-refractivity contribution in [2.75, 3.05) is 26.7 Å². The number of ketones is 1. The molecule has 1 aliphatic heterocycles. The van der Waals surface area contributed by atoms with Crippen LogP contribution in [-0.4, -0.2) is 42.0 Å². The topological polar surface area (TPSA) is 34.5 Å². The van der Waals surface area contributed by atoms with Crippen LogP contribution in [0, 0.1) is 5.92 Å². The molecule has 2 aromatic carbocycles. The third kappa shape index (κ3) is 4.85. The molecular weight excluding hydrogens is 384 g/mol. The van der Waals surface area contributed by atoms with E-state index in [0.29, 0.717) is 5.92 Å². The summed E-state index contributed by atoms with van der Waals surface area (Å²) in [7, 11) is 1.68. The fourth-order valence-electron chi connectivity index (χ4n) is 5.03. The highest BCUT2D eigenvalue weighted by molar-refractivity contribution is 6.07. The molecule has 1 saturated heterocycles. The number of methoxy groups -OCH3 is 1. The molecule has 4 heteroatoms. The minimum atomic E-state index is 0.114. The standard InChI is InChI=1S/C27H34N2O2/c1-20(22-8-5-4-6-9-22)23-12-16-28(17-13-23)14-7-15-29-19-26(21(2)30)25-11-10-24(31-3)18-27(25)29/h4-6,8-11,18-20,23H,7,12-17H2,1-3H3. The van der Waals surface area contributed by atoms with Gasteiger partial charge in [-0.25, -0.2) is 0 Å². The first-order valence-electron chi connectivity index (χ1n) is 11.5. The molecule has 3 aromatic rings. The molecule has 1 aromatic heterocycles. The summed E-state index contributed by atoms with van der Waals surface area (Å²) >= 11 is 0. The van der Waals surface area contributed by atoms with Crippen molar-refractivity contribution < 1.29 is 9.53 Å². The molecule has 1 aliphatic rings. The number of hydrogen-bond donors (Lipinski definition) is 0. The number of likely N-dealkylation sites (tertiary alicyclic amines) is 1. The molecule has 1 fully saturated rings.